The normalized spacial score (nSPS) is 11.5. The van der Waals surface area contributed by atoms with Gasteiger partial charge in [0.2, 0.25) is 11.0 Å². The highest BCUT2D eigenvalue weighted by Gasteiger charge is 2.24. The fourth-order valence-electron chi connectivity index (χ4n) is 3.21. The molecule has 1 aromatic carbocycles. The molecule has 0 fully saturated rings. The van der Waals surface area contributed by atoms with Gasteiger partial charge < -0.3 is 19.9 Å². The SMILES string of the molecule is CCOc1cc(N=Nc2sc(N(C(C)C)C(C)C)n[n+]2C)c(NC(C)=O)cc1N(C)C. The second kappa shape index (κ2) is 10.5. The van der Waals surface area contributed by atoms with Crippen molar-refractivity contribution in [1.29, 1.82) is 0 Å². The second-order valence-corrected chi connectivity index (χ2v) is 8.87. The van der Waals surface area contributed by atoms with Crippen LogP contribution < -0.4 is 24.5 Å². The van der Waals surface area contributed by atoms with Gasteiger partial charge in [-0.25, -0.2) is 0 Å². The zero-order chi connectivity index (χ0) is 23.3. The number of nitrogens with zero attached hydrogens (tertiary/aromatic N) is 6. The molecule has 1 N–H and O–H groups in total. The van der Waals surface area contributed by atoms with Crippen molar-refractivity contribution in [3.8, 4) is 5.75 Å². The number of rotatable bonds is 9. The first kappa shape index (κ1) is 24.5. The lowest BCUT2D eigenvalue weighted by molar-refractivity contribution is -0.712. The summed E-state index contributed by atoms with van der Waals surface area (Å²) in [7, 11) is 5.69. The number of carbonyl (C=O) groups excluding carboxylic acids is 1. The first-order valence-electron chi connectivity index (χ1n) is 10.4. The van der Waals surface area contributed by atoms with Gasteiger partial charge in [0, 0.05) is 39.2 Å². The zero-order valence-corrected chi connectivity index (χ0v) is 20.7. The smallest absolute Gasteiger partial charge is 0.431 e. The van der Waals surface area contributed by atoms with Gasteiger partial charge >= 0.3 is 5.13 Å². The minimum absolute atomic E-state index is 0.180. The van der Waals surface area contributed by atoms with Crippen molar-refractivity contribution >= 4 is 44.6 Å². The third kappa shape index (κ3) is 6.13. The third-order valence-electron chi connectivity index (χ3n) is 4.44. The predicted octanol–water partition coefficient (Wildman–Crippen LogP) is 4.43. The largest absolute Gasteiger partial charge is 0.492 e. The highest BCUT2D eigenvalue weighted by Crippen LogP contribution is 2.39. The van der Waals surface area contributed by atoms with E-state index < -0.39 is 0 Å². The minimum atomic E-state index is -0.180. The number of ether oxygens (including phenoxy) is 1. The molecule has 2 rings (SSSR count). The molecule has 170 valence electrons. The Balaban J connectivity index is 2.49. The number of benzene rings is 1. The number of aromatic nitrogens is 2. The zero-order valence-electron chi connectivity index (χ0n) is 19.9. The van der Waals surface area contributed by atoms with Crippen LogP contribution in [0.2, 0.25) is 0 Å². The van der Waals surface area contributed by atoms with Gasteiger partial charge in [0.1, 0.15) is 18.5 Å². The van der Waals surface area contributed by atoms with Gasteiger partial charge in [-0.15, -0.1) is 4.68 Å². The Bertz CT molecular complexity index is 930. The standard InChI is InChI=1S/C21H33N7O2S/c1-10-30-19-12-17(16(22-15(6)29)11-18(19)26(7)8)23-24-20-27(9)25-21(31-20)28(13(2)3)14(4)5/h11-14H,10H2,1-9H3/p+1. The van der Waals surface area contributed by atoms with Gasteiger partial charge in [-0.3, -0.25) is 4.79 Å². The van der Waals surface area contributed by atoms with Crippen molar-refractivity contribution in [3.05, 3.63) is 12.1 Å². The van der Waals surface area contributed by atoms with E-state index >= 15 is 0 Å². The van der Waals surface area contributed by atoms with Crippen LogP contribution in [-0.2, 0) is 11.8 Å². The van der Waals surface area contributed by atoms with E-state index in [1.54, 1.807) is 10.7 Å². The summed E-state index contributed by atoms with van der Waals surface area (Å²) in [6, 6.07) is 4.27. The summed E-state index contributed by atoms with van der Waals surface area (Å²) in [5, 5.41) is 17.9. The molecule has 0 aliphatic carbocycles. The van der Waals surface area contributed by atoms with E-state index in [1.807, 2.05) is 39.0 Å². The summed E-state index contributed by atoms with van der Waals surface area (Å²) in [6.45, 7) is 12.5. The van der Waals surface area contributed by atoms with Crippen LogP contribution >= 0.6 is 11.3 Å². The quantitative estimate of drug-likeness (QED) is 0.453. The summed E-state index contributed by atoms with van der Waals surface area (Å²) in [4.78, 5) is 15.9. The maximum absolute atomic E-state index is 11.7. The van der Waals surface area contributed by atoms with Crippen LogP contribution in [0.25, 0.3) is 0 Å². The van der Waals surface area contributed by atoms with Gasteiger partial charge in [-0.1, -0.05) is 5.10 Å². The molecule has 0 saturated heterocycles. The fourth-order valence-corrected chi connectivity index (χ4v) is 4.32. The number of amides is 1. The van der Waals surface area contributed by atoms with Crippen LogP contribution in [0, 0.1) is 0 Å². The van der Waals surface area contributed by atoms with Gasteiger partial charge in [0.05, 0.1) is 23.1 Å². The van der Waals surface area contributed by atoms with E-state index in [-0.39, 0.29) is 5.91 Å². The van der Waals surface area contributed by atoms with E-state index in [0.717, 1.165) is 10.8 Å². The first-order valence-corrected chi connectivity index (χ1v) is 11.2. The monoisotopic (exact) mass is 448 g/mol. The molecule has 0 aliphatic heterocycles. The number of aryl methyl sites for hydroxylation is 1. The molecule has 10 heteroatoms. The van der Waals surface area contributed by atoms with Gasteiger partial charge in [-0.2, -0.15) is 0 Å². The Hall–Kier alpha value is -2.75. The van der Waals surface area contributed by atoms with Crippen molar-refractivity contribution in [2.75, 3.05) is 35.8 Å². The Morgan fingerprint density at radius 3 is 2.39 bits per heavy atom. The van der Waals surface area contributed by atoms with E-state index in [4.69, 9.17) is 4.74 Å². The summed E-state index contributed by atoms with van der Waals surface area (Å²) < 4.78 is 7.50. The molecular weight excluding hydrogens is 414 g/mol. The molecule has 9 nitrogen and oxygen atoms in total. The third-order valence-corrected chi connectivity index (χ3v) is 5.44. The minimum Gasteiger partial charge on any atom is -0.492 e. The maximum atomic E-state index is 11.7. The summed E-state index contributed by atoms with van der Waals surface area (Å²) in [5.41, 5.74) is 1.94. The Labute approximate surface area is 188 Å². The predicted molar refractivity (Wildman–Crippen MR) is 126 cm³/mol. The molecule has 0 saturated carbocycles. The fraction of sp³-hybridized carbons (Fsp3) is 0.571. The first-order chi connectivity index (χ1) is 14.5. The van der Waals surface area contributed by atoms with Crippen LogP contribution in [-0.4, -0.2) is 43.8 Å². The summed E-state index contributed by atoms with van der Waals surface area (Å²) in [6.07, 6.45) is 0. The average Bonchev–Trinajstić information content (AvgIpc) is 3.00. The molecule has 0 unspecified atom stereocenters. The van der Waals surface area contributed by atoms with E-state index in [1.165, 1.54) is 18.3 Å². The lowest BCUT2D eigenvalue weighted by Crippen LogP contribution is -2.39. The highest BCUT2D eigenvalue weighted by atomic mass is 32.1. The lowest BCUT2D eigenvalue weighted by atomic mass is 10.2. The lowest BCUT2D eigenvalue weighted by Gasteiger charge is -2.28. The Kier molecular flexibility index (Phi) is 8.32. The van der Waals surface area contributed by atoms with Crippen LogP contribution in [0.15, 0.2) is 22.4 Å². The van der Waals surface area contributed by atoms with Gasteiger partial charge in [0.15, 0.2) is 0 Å². The maximum Gasteiger partial charge on any atom is 0.431 e. The van der Waals surface area contributed by atoms with Gasteiger partial charge in [0.25, 0.3) is 0 Å². The van der Waals surface area contributed by atoms with Crippen molar-refractivity contribution in [2.24, 2.45) is 17.3 Å². The number of azo groups is 1. The molecular formula is C21H34N7O2S+. The molecule has 0 atom stereocenters. The topological polar surface area (TPSA) is 86.3 Å². The highest BCUT2D eigenvalue weighted by molar-refractivity contribution is 7.18. The Morgan fingerprint density at radius 2 is 1.87 bits per heavy atom. The van der Waals surface area contributed by atoms with Crippen LogP contribution in [0.3, 0.4) is 0 Å². The molecule has 31 heavy (non-hydrogen) atoms. The number of hydrogen-bond donors (Lipinski definition) is 1. The second-order valence-electron chi connectivity index (χ2n) is 7.93. The van der Waals surface area contributed by atoms with Crippen molar-refractivity contribution in [2.45, 2.75) is 53.6 Å². The molecule has 0 bridgehead atoms. The van der Waals surface area contributed by atoms with E-state index in [2.05, 4.69) is 53.2 Å². The molecule has 0 radical (unpaired) electrons. The van der Waals surface area contributed by atoms with Crippen LogP contribution in [0.1, 0.15) is 41.5 Å². The molecule has 1 aromatic heterocycles. The van der Waals surface area contributed by atoms with Crippen LogP contribution in [0.5, 0.6) is 5.75 Å². The number of carbonyl (C=O) groups is 1. The Morgan fingerprint density at radius 1 is 1.23 bits per heavy atom. The van der Waals surface area contributed by atoms with Crippen molar-refractivity contribution in [1.82, 2.24) is 5.10 Å². The van der Waals surface area contributed by atoms with Gasteiger partial charge in [-0.05, 0) is 57.1 Å². The van der Waals surface area contributed by atoms with E-state index in [9.17, 15) is 4.79 Å². The molecule has 0 aliphatic rings. The molecule has 2 aromatic rings. The van der Waals surface area contributed by atoms with E-state index in [0.29, 0.717) is 40.9 Å². The van der Waals surface area contributed by atoms with Crippen LogP contribution in [0.4, 0.5) is 27.3 Å². The number of hydrogen-bond acceptors (Lipinski definition) is 8. The average molecular weight is 449 g/mol. The van der Waals surface area contributed by atoms with Crippen molar-refractivity contribution in [3.63, 3.8) is 0 Å². The summed E-state index contributed by atoms with van der Waals surface area (Å²) in [5.74, 6) is 0.496. The van der Waals surface area contributed by atoms with Crippen molar-refractivity contribution < 1.29 is 14.2 Å². The molecule has 1 heterocycles. The summed E-state index contributed by atoms with van der Waals surface area (Å²) >= 11 is 1.48. The number of anilines is 3. The molecule has 0 spiro atoms. The molecule has 1 amide bonds. The number of nitrogens with one attached hydrogen (secondary N) is 1.